The minimum atomic E-state index is -1.01. The van der Waals surface area contributed by atoms with Crippen molar-refractivity contribution in [2.75, 3.05) is 0 Å². The topological polar surface area (TPSA) is 49.7 Å². The summed E-state index contributed by atoms with van der Waals surface area (Å²) in [4.78, 5) is 13.3. The van der Waals surface area contributed by atoms with Gasteiger partial charge in [-0.25, -0.2) is 4.79 Å². The molecular weight excluding hydrogens is 106 g/mol. The number of aliphatic carboxylic acids is 1. The average Bonchev–Trinajstić information content (AvgIpc) is 1.67. The predicted octanol–water partition coefficient (Wildman–Crippen LogP) is 0.675. The van der Waals surface area contributed by atoms with E-state index in [2.05, 4.69) is 11.6 Å². The Balaban J connectivity index is 3.99. The molecule has 0 aliphatic rings. The molecule has 0 aliphatic carbocycles. The molecule has 0 unspecified atom stereocenters. The molecule has 0 rings (SSSR count). The highest BCUT2D eigenvalue weighted by Crippen LogP contribution is 1.76. The molecular formula is C5H7NO2. The van der Waals surface area contributed by atoms with Crippen LogP contribution < -0.4 is 0 Å². The molecule has 0 saturated heterocycles. The van der Waals surface area contributed by atoms with Crippen LogP contribution in [0.2, 0.25) is 0 Å². The van der Waals surface area contributed by atoms with Crippen LogP contribution >= 0.6 is 0 Å². The molecule has 0 aromatic carbocycles. The molecule has 44 valence electrons. The Morgan fingerprint density at radius 2 is 2.38 bits per heavy atom. The van der Waals surface area contributed by atoms with Gasteiger partial charge in [0.1, 0.15) is 5.71 Å². The Morgan fingerprint density at radius 1 is 1.88 bits per heavy atom. The van der Waals surface area contributed by atoms with Gasteiger partial charge in [-0.15, -0.1) is 0 Å². The van der Waals surface area contributed by atoms with Gasteiger partial charge in [-0.2, -0.15) is 0 Å². The van der Waals surface area contributed by atoms with Crippen LogP contribution in [-0.4, -0.2) is 16.8 Å². The van der Waals surface area contributed by atoms with Crippen LogP contribution in [-0.2, 0) is 4.79 Å². The summed E-state index contributed by atoms with van der Waals surface area (Å²) >= 11 is 0. The molecule has 0 aromatic rings. The molecule has 0 saturated carbocycles. The van der Waals surface area contributed by atoms with Gasteiger partial charge in [0.05, 0.1) is 0 Å². The lowest BCUT2D eigenvalue weighted by atomic mass is 10.4. The highest BCUT2D eigenvalue weighted by atomic mass is 16.4. The Kier molecular flexibility index (Phi) is 2.54. The van der Waals surface area contributed by atoms with Crippen LogP contribution in [0.1, 0.15) is 6.92 Å². The molecule has 1 N–H and O–H groups in total. The van der Waals surface area contributed by atoms with E-state index in [0.717, 1.165) is 0 Å². The molecule has 0 atom stereocenters. The van der Waals surface area contributed by atoms with Gasteiger partial charge < -0.3 is 5.11 Å². The van der Waals surface area contributed by atoms with Gasteiger partial charge >= 0.3 is 5.97 Å². The van der Waals surface area contributed by atoms with Gasteiger partial charge in [0.15, 0.2) is 0 Å². The first-order valence-electron chi connectivity index (χ1n) is 2.07. The highest BCUT2D eigenvalue weighted by Gasteiger charge is 1.96. The van der Waals surface area contributed by atoms with Crippen molar-refractivity contribution in [1.29, 1.82) is 0 Å². The Bertz CT molecular complexity index is 137. The third-order valence-corrected chi connectivity index (χ3v) is 0.594. The van der Waals surface area contributed by atoms with Gasteiger partial charge in [-0.3, -0.25) is 4.99 Å². The van der Waals surface area contributed by atoms with E-state index in [-0.39, 0.29) is 5.71 Å². The summed E-state index contributed by atoms with van der Waals surface area (Å²) in [6.07, 6.45) is 1.20. The van der Waals surface area contributed by atoms with E-state index in [1.165, 1.54) is 13.1 Å². The number of hydrogen-bond acceptors (Lipinski definition) is 2. The predicted molar refractivity (Wildman–Crippen MR) is 30.9 cm³/mol. The van der Waals surface area contributed by atoms with Crippen molar-refractivity contribution in [1.82, 2.24) is 0 Å². The normalized spacial score (nSPS) is 10.9. The summed E-state index contributed by atoms with van der Waals surface area (Å²) in [5.74, 6) is -1.01. The summed E-state index contributed by atoms with van der Waals surface area (Å²) < 4.78 is 0. The van der Waals surface area contributed by atoms with Crippen LogP contribution in [0.15, 0.2) is 17.8 Å². The van der Waals surface area contributed by atoms with Crippen molar-refractivity contribution in [3.8, 4) is 0 Å². The second-order valence-corrected chi connectivity index (χ2v) is 1.20. The monoisotopic (exact) mass is 113 g/mol. The second-order valence-electron chi connectivity index (χ2n) is 1.20. The van der Waals surface area contributed by atoms with Gasteiger partial charge in [-0.05, 0) is 6.92 Å². The van der Waals surface area contributed by atoms with Crippen LogP contribution in [0.25, 0.3) is 0 Å². The maximum atomic E-state index is 9.91. The quantitative estimate of drug-likeness (QED) is 0.535. The number of carboxylic acids is 1. The first kappa shape index (κ1) is 6.88. The molecule has 0 bridgehead atoms. The largest absolute Gasteiger partial charge is 0.477 e. The molecule has 0 fully saturated rings. The zero-order valence-corrected chi connectivity index (χ0v) is 4.59. The van der Waals surface area contributed by atoms with E-state index in [4.69, 9.17) is 5.11 Å². The lowest BCUT2D eigenvalue weighted by Crippen LogP contribution is -2.06. The minimum Gasteiger partial charge on any atom is -0.477 e. The Morgan fingerprint density at radius 3 is 2.50 bits per heavy atom. The van der Waals surface area contributed by atoms with Crippen molar-refractivity contribution in [3.63, 3.8) is 0 Å². The summed E-state index contributed by atoms with van der Waals surface area (Å²) in [5, 5.41) is 8.13. The SMILES string of the molecule is C=CN=C(C)C(=O)O. The molecule has 0 amide bonds. The van der Waals surface area contributed by atoms with E-state index in [1.54, 1.807) is 0 Å². The van der Waals surface area contributed by atoms with Crippen molar-refractivity contribution < 1.29 is 9.90 Å². The number of nitrogens with zero attached hydrogens (tertiary/aromatic N) is 1. The fourth-order valence-electron chi connectivity index (χ4n) is 0.192. The minimum absolute atomic E-state index is 0.0556. The summed E-state index contributed by atoms with van der Waals surface area (Å²) in [6, 6.07) is 0. The molecule has 0 aliphatic heterocycles. The van der Waals surface area contributed by atoms with Gasteiger partial charge in [0.2, 0.25) is 0 Å². The first-order valence-corrected chi connectivity index (χ1v) is 2.07. The molecule has 3 heteroatoms. The zero-order valence-electron chi connectivity index (χ0n) is 4.59. The number of carbonyl (C=O) groups is 1. The smallest absolute Gasteiger partial charge is 0.349 e. The third kappa shape index (κ3) is 2.12. The molecule has 8 heavy (non-hydrogen) atoms. The maximum Gasteiger partial charge on any atom is 0.349 e. The number of hydrogen-bond donors (Lipinski definition) is 1. The third-order valence-electron chi connectivity index (χ3n) is 0.594. The summed E-state index contributed by atoms with van der Waals surface area (Å²) in [5.41, 5.74) is 0.0556. The molecule has 0 heterocycles. The van der Waals surface area contributed by atoms with Crippen molar-refractivity contribution in [3.05, 3.63) is 12.8 Å². The standard InChI is InChI=1S/C5H7NO2/c1-3-6-4(2)5(7)8/h3H,1H2,2H3,(H,7,8). The lowest BCUT2D eigenvalue weighted by molar-refractivity contribution is -0.129. The van der Waals surface area contributed by atoms with E-state index in [9.17, 15) is 4.79 Å². The first-order chi connectivity index (χ1) is 3.68. The number of rotatable bonds is 2. The Labute approximate surface area is 47.4 Å². The fourth-order valence-corrected chi connectivity index (χ4v) is 0.192. The summed E-state index contributed by atoms with van der Waals surface area (Å²) in [7, 11) is 0. The highest BCUT2D eigenvalue weighted by molar-refractivity contribution is 6.34. The van der Waals surface area contributed by atoms with Gasteiger partial charge in [0, 0.05) is 6.20 Å². The zero-order chi connectivity index (χ0) is 6.57. The van der Waals surface area contributed by atoms with E-state index in [0.29, 0.717) is 0 Å². The number of carboxylic acid groups (broad SMARTS) is 1. The van der Waals surface area contributed by atoms with Crippen molar-refractivity contribution >= 4 is 11.7 Å². The van der Waals surface area contributed by atoms with E-state index >= 15 is 0 Å². The molecule has 0 radical (unpaired) electrons. The molecule has 3 nitrogen and oxygen atoms in total. The van der Waals surface area contributed by atoms with E-state index < -0.39 is 5.97 Å². The maximum absolute atomic E-state index is 9.91. The average molecular weight is 113 g/mol. The van der Waals surface area contributed by atoms with Crippen molar-refractivity contribution in [2.45, 2.75) is 6.92 Å². The summed E-state index contributed by atoms with van der Waals surface area (Å²) in [6.45, 7) is 4.64. The van der Waals surface area contributed by atoms with Crippen molar-refractivity contribution in [2.24, 2.45) is 4.99 Å². The van der Waals surface area contributed by atoms with E-state index in [1.807, 2.05) is 0 Å². The molecule has 0 aromatic heterocycles. The van der Waals surface area contributed by atoms with Gasteiger partial charge in [-0.1, -0.05) is 6.58 Å². The van der Waals surface area contributed by atoms with Crippen LogP contribution in [0.3, 0.4) is 0 Å². The van der Waals surface area contributed by atoms with Crippen LogP contribution in [0.5, 0.6) is 0 Å². The molecule has 0 spiro atoms. The van der Waals surface area contributed by atoms with Gasteiger partial charge in [0.25, 0.3) is 0 Å². The fraction of sp³-hybridized carbons (Fsp3) is 0.200. The van der Waals surface area contributed by atoms with Crippen LogP contribution in [0, 0.1) is 0 Å². The Hall–Kier alpha value is -1.12. The van der Waals surface area contributed by atoms with Crippen LogP contribution in [0.4, 0.5) is 0 Å². The number of aliphatic imine (C=N–C) groups is 1. The second kappa shape index (κ2) is 2.96. The lowest BCUT2D eigenvalue weighted by Gasteiger charge is -1.84.